The summed E-state index contributed by atoms with van der Waals surface area (Å²) in [5.41, 5.74) is 2.90. The lowest BCUT2D eigenvalue weighted by Gasteiger charge is -2.35. The number of amides is 4. The van der Waals surface area contributed by atoms with Crippen molar-refractivity contribution in [1.29, 1.82) is 0 Å². The zero-order valence-corrected chi connectivity index (χ0v) is 28.5. The minimum atomic E-state index is -4.63. The molecule has 0 bridgehead atoms. The van der Waals surface area contributed by atoms with E-state index in [-0.39, 0.29) is 42.2 Å². The van der Waals surface area contributed by atoms with Crippen LogP contribution in [0.2, 0.25) is 0 Å². The first kappa shape index (κ1) is 35.2. The number of nitrogens with zero attached hydrogens (tertiary/aromatic N) is 8. The fourth-order valence-corrected chi connectivity index (χ4v) is 6.14. The summed E-state index contributed by atoms with van der Waals surface area (Å²) in [5, 5.41) is 17.5. The molecule has 0 atom stereocenters. The van der Waals surface area contributed by atoms with Crippen LogP contribution in [0.4, 0.5) is 29.5 Å². The Hall–Kier alpha value is -6.18. The van der Waals surface area contributed by atoms with Crippen molar-refractivity contribution in [2.24, 2.45) is 0 Å². The molecular formula is C37H33F3N10O3. The minimum absolute atomic E-state index is 0.0300. The minimum Gasteiger partial charge on any atom is -0.322 e. The normalized spacial score (nSPS) is 15.6. The quantitative estimate of drug-likeness (QED) is 0.236. The van der Waals surface area contributed by atoms with E-state index in [1.165, 1.54) is 17.0 Å². The Balaban J connectivity index is 0.965. The van der Waals surface area contributed by atoms with Gasteiger partial charge in [-0.15, -0.1) is 5.10 Å². The summed E-state index contributed by atoms with van der Waals surface area (Å²) in [6.45, 7) is 4.94. The highest BCUT2D eigenvalue weighted by Crippen LogP contribution is 2.35. The van der Waals surface area contributed by atoms with Crippen molar-refractivity contribution in [3.63, 3.8) is 0 Å². The smallest absolute Gasteiger partial charge is 0.322 e. The average Bonchev–Trinajstić information content (AvgIpc) is 3.56. The number of imidazole rings is 1. The van der Waals surface area contributed by atoms with Crippen LogP contribution in [0.25, 0.3) is 5.65 Å². The average molecular weight is 723 g/mol. The molecule has 5 heterocycles. The second-order valence-corrected chi connectivity index (χ2v) is 12.7. The molecule has 0 spiro atoms. The molecule has 3 aromatic heterocycles. The molecule has 270 valence electrons. The number of benzene rings is 2. The van der Waals surface area contributed by atoms with Crippen LogP contribution in [0.15, 0.2) is 73.1 Å². The number of halogens is 3. The summed E-state index contributed by atoms with van der Waals surface area (Å²) < 4.78 is 44.5. The Bertz CT molecular complexity index is 2250. The van der Waals surface area contributed by atoms with E-state index < -0.39 is 23.7 Å². The molecule has 2 saturated heterocycles. The number of aryl methyl sites for hydroxylation is 1. The van der Waals surface area contributed by atoms with Gasteiger partial charge in [-0.3, -0.25) is 29.6 Å². The fraction of sp³-hybridized carbons (Fsp3) is 0.270. The second-order valence-electron chi connectivity index (χ2n) is 12.7. The predicted molar refractivity (Wildman–Crippen MR) is 188 cm³/mol. The maximum atomic E-state index is 14.3. The molecule has 5 aromatic rings. The van der Waals surface area contributed by atoms with Gasteiger partial charge in [0.25, 0.3) is 5.91 Å². The van der Waals surface area contributed by atoms with Gasteiger partial charge >= 0.3 is 12.2 Å². The zero-order valence-electron chi connectivity index (χ0n) is 28.5. The topological polar surface area (TPSA) is 141 Å². The van der Waals surface area contributed by atoms with E-state index in [0.29, 0.717) is 61.1 Å². The Morgan fingerprint density at radius 1 is 0.925 bits per heavy atom. The van der Waals surface area contributed by atoms with Gasteiger partial charge in [-0.05, 0) is 72.5 Å². The van der Waals surface area contributed by atoms with Crippen LogP contribution in [0.5, 0.6) is 0 Å². The van der Waals surface area contributed by atoms with Crippen LogP contribution in [-0.2, 0) is 24.1 Å². The van der Waals surface area contributed by atoms with E-state index in [0.717, 1.165) is 11.6 Å². The van der Waals surface area contributed by atoms with Crippen molar-refractivity contribution in [2.45, 2.75) is 32.6 Å². The van der Waals surface area contributed by atoms with E-state index in [1.807, 2.05) is 11.8 Å². The third-order valence-electron chi connectivity index (χ3n) is 9.06. The van der Waals surface area contributed by atoms with Crippen LogP contribution in [0, 0.1) is 18.8 Å². The number of nitrogens with one attached hydrogen (secondary N) is 2. The first-order chi connectivity index (χ1) is 25.5. The SMILES string of the molecule is Cc1ccc(C(=O)Nc2ccc(CN3CCN(Cc4ccc(N5CCC(=O)NC5=O)nn4)CC3)c(C(F)(F)F)c2)cc1C#Cc1cnc2cccnn12. The summed E-state index contributed by atoms with van der Waals surface area (Å²) in [5.74, 6) is 5.54. The van der Waals surface area contributed by atoms with Gasteiger partial charge in [0.05, 0.1) is 17.5 Å². The number of fused-ring (bicyclic) bond motifs is 1. The van der Waals surface area contributed by atoms with E-state index >= 15 is 0 Å². The molecule has 2 fully saturated rings. The van der Waals surface area contributed by atoms with Crippen LogP contribution in [0.3, 0.4) is 0 Å². The molecule has 7 rings (SSSR count). The Morgan fingerprint density at radius 3 is 2.45 bits per heavy atom. The van der Waals surface area contributed by atoms with Crippen molar-refractivity contribution in [2.75, 3.05) is 42.9 Å². The first-order valence-electron chi connectivity index (χ1n) is 16.8. The Kier molecular flexibility index (Phi) is 9.85. The number of aromatic nitrogens is 5. The lowest BCUT2D eigenvalue weighted by molar-refractivity contribution is -0.138. The fourth-order valence-electron chi connectivity index (χ4n) is 6.14. The summed E-state index contributed by atoms with van der Waals surface area (Å²) in [4.78, 5) is 46.4. The van der Waals surface area contributed by atoms with E-state index in [2.05, 4.69) is 47.7 Å². The standard InChI is InChI=1S/C37H33F3N10O3/c1-24-4-5-26(19-25(24)7-10-30-21-41-32-3-2-13-42-50(30)32)35(52)43-28-8-6-27(31(20-28)37(38,39)40)22-47-15-17-48(18-16-47)23-29-9-11-33(46-45-29)49-14-12-34(51)44-36(49)53/h2-6,8-9,11,13,19-21H,12,14-18,22-23H2,1H3,(H,43,52)(H,44,51,53). The number of piperazine rings is 1. The molecular weight excluding hydrogens is 689 g/mol. The van der Waals surface area contributed by atoms with Crippen molar-refractivity contribution in [1.82, 2.24) is 39.9 Å². The highest BCUT2D eigenvalue weighted by atomic mass is 19.4. The van der Waals surface area contributed by atoms with Crippen molar-refractivity contribution in [3.05, 3.63) is 112 Å². The van der Waals surface area contributed by atoms with Gasteiger partial charge in [-0.2, -0.15) is 23.4 Å². The van der Waals surface area contributed by atoms with Crippen molar-refractivity contribution < 1.29 is 27.6 Å². The molecule has 0 radical (unpaired) electrons. The summed E-state index contributed by atoms with van der Waals surface area (Å²) >= 11 is 0. The molecule has 13 nitrogen and oxygen atoms in total. The van der Waals surface area contributed by atoms with Gasteiger partial charge in [0.2, 0.25) is 5.91 Å². The predicted octanol–water partition coefficient (Wildman–Crippen LogP) is 4.26. The van der Waals surface area contributed by atoms with Crippen LogP contribution >= 0.6 is 0 Å². The molecule has 2 N–H and O–H groups in total. The molecule has 16 heteroatoms. The summed E-state index contributed by atoms with van der Waals surface area (Å²) in [6.07, 6.45) is -1.22. The first-order valence-corrected chi connectivity index (χ1v) is 16.8. The maximum absolute atomic E-state index is 14.3. The number of alkyl halides is 3. The highest BCUT2D eigenvalue weighted by Gasteiger charge is 2.34. The van der Waals surface area contributed by atoms with E-state index in [1.54, 1.807) is 59.4 Å². The van der Waals surface area contributed by atoms with Crippen molar-refractivity contribution in [3.8, 4) is 11.8 Å². The van der Waals surface area contributed by atoms with Gasteiger partial charge in [0.1, 0.15) is 5.69 Å². The van der Waals surface area contributed by atoms with Crippen LogP contribution in [-0.4, -0.2) is 85.2 Å². The number of carbonyl (C=O) groups excluding carboxylic acids is 3. The largest absolute Gasteiger partial charge is 0.416 e. The van der Waals surface area contributed by atoms with Gasteiger partial charge < -0.3 is 5.32 Å². The summed E-state index contributed by atoms with van der Waals surface area (Å²) in [7, 11) is 0. The number of hydrogen-bond donors (Lipinski definition) is 2. The molecule has 2 aliphatic rings. The number of urea groups is 1. The molecule has 4 amide bonds. The van der Waals surface area contributed by atoms with E-state index in [9.17, 15) is 27.6 Å². The van der Waals surface area contributed by atoms with Gasteiger partial charge in [-0.25, -0.2) is 14.3 Å². The van der Waals surface area contributed by atoms with Crippen LogP contribution < -0.4 is 15.5 Å². The number of carbonyl (C=O) groups is 3. The third kappa shape index (κ3) is 8.16. The molecule has 2 aromatic carbocycles. The molecule has 53 heavy (non-hydrogen) atoms. The molecule has 2 aliphatic heterocycles. The number of hydrogen-bond acceptors (Lipinski definition) is 9. The lowest BCUT2D eigenvalue weighted by atomic mass is 10.0. The van der Waals surface area contributed by atoms with Crippen molar-refractivity contribution >= 4 is 35.0 Å². The zero-order chi connectivity index (χ0) is 37.1. The number of imide groups is 1. The number of rotatable bonds is 7. The molecule has 0 aliphatic carbocycles. The second kappa shape index (κ2) is 14.8. The Morgan fingerprint density at radius 2 is 1.72 bits per heavy atom. The monoisotopic (exact) mass is 722 g/mol. The molecule has 0 saturated carbocycles. The number of anilines is 2. The Labute approximate surface area is 301 Å². The third-order valence-corrected chi connectivity index (χ3v) is 9.06. The van der Waals surface area contributed by atoms with Crippen LogP contribution in [0.1, 0.15) is 50.4 Å². The lowest BCUT2D eigenvalue weighted by Crippen LogP contribution is -2.50. The summed E-state index contributed by atoms with van der Waals surface area (Å²) in [6, 6.07) is 15.3. The van der Waals surface area contributed by atoms with Gasteiger partial charge in [-0.1, -0.05) is 18.1 Å². The van der Waals surface area contributed by atoms with Gasteiger partial charge in [0, 0.05) is 75.2 Å². The van der Waals surface area contributed by atoms with E-state index in [4.69, 9.17) is 0 Å². The van der Waals surface area contributed by atoms with Gasteiger partial charge in [0.15, 0.2) is 11.5 Å². The molecule has 0 unspecified atom stereocenters. The maximum Gasteiger partial charge on any atom is 0.416 e. The highest BCUT2D eigenvalue weighted by molar-refractivity contribution is 6.05.